The summed E-state index contributed by atoms with van der Waals surface area (Å²) in [5.74, 6) is -0.120. The lowest BCUT2D eigenvalue weighted by atomic mass is 10.1. The summed E-state index contributed by atoms with van der Waals surface area (Å²) in [6.07, 6.45) is 0. The molecule has 1 amide bonds. The van der Waals surface area contributed by atoms with Crippen molar-refractivity contribution >= 4 is 17.2 Å². The zero-order chi connectivity index (χ0) is 10.8. The Labute approximate surface area is 87.8 Å². The summed E-state index contributed by atoms with van der Waals surface area (Å²) in [6, 6.07) is 0. The number of carbonyl (C=O) groups excluding carboxylic acids is 1. The predicted octanol–water partition coefficient (Wildman–Crippen LogP) is 1.56. The lowest BCUT2D eigenvalue weighted by Gasteiger charge is -2.17. The van der Waals surface area contributed by atoms with Crippen LogP contribution in [-0.2, 0) is 0 Å². The summed E-state index contributed by atoms with van der Waals surface area (Å²) in [6.45, 7) is 5.48. The van der Waals surface area contributed by atoms with Gasteiger partial charge in [0.15, 0.2) is 0 Å². The first-order chi connectivity index (χ1) is 6.40. The molecule has 0 bridgehead atoms. The maximum absolute atomic E-state index is 11.6. The van der Waals surface area contributed by atoms with Gasteiger partial charge in [0.05, 0.1) is 11.2 Å². The van der Waals surface area contributed by atoms with Crippen LogP contribution >= 0.6 is 11.3 Å². The monoisotopic (exact) mass is 213 g/mol. The highest BCUT2D eigenvalue weighted by atomic mass is 32.1. The largest absolute Gasteiger partial charge is 0.389 e. The van der Waals surface area contributed by atoms with Gasteiger partial charge in [-0.2, -0.15) is 11.3 Å². The van der Waals surface area contributed by atoms with E-state index in [1.165, 1.54) is 11.3 Å². The molecule has 1 heterocycles. The maximum atomic E-state index is 11.6. The molecule has 0 saturated carbocycles. The minimum absolute atomic E-state index is 0.120. The lowest BCUT2D eigenvalue weighted by molar-refractivity contribution is 0.0694. The SMILES string of the molecule is Cc1cscc1C(=O)NCC(C)(C)O. The van der Waals surface area contributed by atoms with Crippen molar-refractivity contribution in [1.29, 1.82) is 0 Å². The van der Waals surface area contributed by atoms with Crippen LogP contribution in [-0.4, -0.2) is 23.2 Å². The van der Waals surface area contributed by atoms with Gasteiger partial charge in [0.1, 0.15) is 0 Å². The minimum atomic E-state index is -0.862. The zero-order valence-corrected chi connectivity index (χ0v) is 9.44. The van der Waals surface area contributed by atoms with E-state index < -0.39 is 5.60 Å². The van der Waals surface area contributed by atoms with E-state index in [0.29, 0.717) is 5.56 Å². The number of hydrogen-bond donors (Lipinski definition) is 2. The van der Waals surface area contributed by atoms with E-state index >= 15 is 0 Å². The number of carbonyl (C=O) groups is 1. The fraction of sp³-hybridized carbons (Fsp3) is 0.500. The van der Waals surface area contributed by atoms with Gasteiger partial charge in [-0.3, -0.25) is 4.79 Å². The molecule has 0 unspecified atom stereocenters. The Morgan fingerprint density at radius 2 is 2.21 bits per heavy atom. The van der Waals surface area contributed by atoms with Crippen LogP contribution in [0, 0.1) is 6.92 Å². The number of amides is 1. The average Bonchev–Trinajstić information content (AvgIpc) is 2.46. The fourth-order valence-electron chi connectivity index (χ4n) is 0.985. The Bertz CT molecular complexity index is 325. The van der Waals surface area contributed by atoms with Crippen LogP contribution in [0.4, 0.5) is 0 Å². The van der Waals surface area contributed by atoms with Gasteiger partial charge in [0.25, 0.3) is 5.91 Å². The van der Waals surface area contributed by atoms with E-state index in [1.54, 1.807) is 13.8 Å². The highest BCUT2D eigenvalue weighted by molar-refractivity contribution is 7.08. The number of aryl methyl sites for hydroxylation is 1. The molecule has 2 N–H and O–H groups in total. The molecular weight excluding hydrogens is 198 g/mol. The number of thiophene rings is 1. The van der Waals surface area contributed by atoms with Crippen molar-refractivity contribution in [3.8, 4) is 0 Å². The lowest BCUT2D eigenvalue weighted by Crippen LogP contribution is -2.38. The second kappa shape index (κ2) is 4.11. The van der Waals surface area contributed by atoms with Crippen molar-refractivity contribution in [2.24, 2.45) is 0 Å². The second-order valence-electron chi connectivity index (χ2n) is 3.96. The van der Waals surface area contributed by atoms with Gasteiger partial charge in [-0.05, 0) is 31.7 Å². The fourth-order valence-corrected chi connectivity index (χ4v) is 1.81. The molecule has 0 saturated heterocycles. The third-order valence-corrected chi connectivity index (χ3v) is 2.64. The Balaban J connectivity index is 2.56. The van der Waals surface area contributed by atoms with E-state index in [2.05, 4.69) is 5.32 Å². The second-order valence-corrected chi connectivity index (χ2v) is 4.71. The normalized spacial score (nSPS) is 11.4. The molecule has 78 valence electrons. The van der Waals surface area contributed by atoms with Crippen LogP contribution in [0.2, 0.25) is 0 Å². The molecular formula is C10H15NO2S. The van der Waals surface area contributed by atoms with Crippen molar-refractivity contribution in [2.45, 2.75) is 26.4 Å². The molecule has 0 aliphatic carbocycles. The van der Waals surface area contributed by atoms with Crippen LogP contribution in [0.3, 0.4) is 0 Å². The quantitative estimate of drug-likeness (QED) is 0.800. The van der Waals surface area contributed by atoms with E-state index in [-0.39, 0.29) is 12.5 Å². The summed E-state index contributed by atoms with van der Waals surface area (Å²) < 4.78 is 0. The molecule has 1 rings (SSSR count). The Kier molecular flexibility index (Phi) is 3.29. The topological polar surface area (TPSA) is 49.3 Å². The Morgan fingerprint density at radius 3 is 2.64 bits per heavy atom. The van der Waals surface area contributed by atoms with Gasteiger partial charge in [0.2, 0.25) is 0 Å². The van der Waals surface area contributed by atoms with Crippen LogP contribution in [0.5, 0.6) is 0 Å². The van der Waals surface area contributed by atoms with Gasteiger partial charge in [-0.15, -0.1) is 0 Å². The Hall–Kier alpha value is -0.870. The van der Waals surface area contributed by atoms with Gasteiger partial charge < -0.3 is 10.4 Å². The summed E-state index contributed by atoms with van der Waals surface area (Å²) in [5.41, 5.74) is 0.807. The van der Waals surface area contributed by atoms with Gasteiger partial charge in [-0.1, -0.05) is 0 Å². The third-order valence-electron chi connectivity index (χ3n) is 1.78. The number of hydrogen-bond acceptors (Lipinski definition) is 3. The number of rotatable bonds is 3. The van der Waals surface area contributed by atoms with E-state index in [4.69, 9.17) is 0 Å². The van der Waals surface area contributed by atoms with E-state index in [0.717, 1.165) is 5.56 Å². The maximum Gasteiger partial charge on any atom is 0.252 e. The van der Waals surface area contributed by atoms with Crippen LogP contribution in [0.25, 0.3) is 0 Å². The Morgan fingerprint density at radius 1 is 1.57 bits per heavy atom. The van der Waals surface area contributed by atoms with Gasteiger partial charge in [0, 0.05) is 11.9 Å². The minimum Gasteiger partial charge on any atom is -0.389 e. The van der Waals surface area contributed by atoms with E-state index in [1.807, 2.05) is 17.7 Å². The van der Waals surface area contributed by atoms with Crippen LogP contribution in [0.15, 0.2) is 10.8 Å². The van der Waals surface area contributed by atoms with Crippen molar-refractivity contribution in [1.82, 2.24) is 5.32 Å². The molecule has 0 atom stereocenters. The summed E-state index contributed by atoms with van der Waals surface area (Å²) in [5, 5.41) is 15.8. The molecule has 0 spiro atoms. The molecule has 3 nitrogen and oxygen atoms in total. The first-order valence-electron chi connectivity index (χ1n) is 4.43. The highest BCUT2D eigenvalue weighted by Crippen LogP contribution is 2.13. The van der Waals surface area contributed by atoms with E-state index in [9.17, 15) is 9.90 Å². The number of aliphatic hydroxyl groups is 1. The van der Waals surface area contributed by atoms with Crippen molar-refractivity contribution < 1.29 is 9.90 Å². The molecule has 1 aromatic heterocycles. The first kappa shape index (κ1) is 11.2. The highest BCUT2D eigenvalue weighted by Gasteiger charge is 2.15. The molecule has 14 heavy (non-hydrogen) atoms. The predicted molar refractivity (Wildman–Crippen MR) is 57.7 cm³/mol. The van der Waals surface area contributed by atoms with Crippen molar-refractivity contribution in [3.05, 3.63) is 21.9 Å². The standard InChI is InChI=1S/C10H15NO2S/c1-7-4-14-5-8(7)9(12)11-6-10(2,3)13/h4-5,13H,6H2,1-3H3,(H,11,12). The van der Waals surface area contributed by atoms with Gasteiger partial charge >= 0.3 is 0 Å². The summed E-state index contributed by atoms with van der Waals surface area (Å²) >= 11 is 1.50. The smallest absolute Gasteiger partial charge is 0.252 e. The number of nitrogens with one attached hydrogen (secondary N) is 1. The first-order valence-corrected chi connectivity index (χ1v) is 5.38. The van der Waals surface area contributed by atoms with Crippen molar-refractivity contribution in [2.75, 3.05) is 6.54 Å². The van der Waals surface area contributed by atoms with Gasteiger partial charge in [-0.25, -0.2) is 0 Å². The van der Waals surface area contributed by atoms with Crippen LogP contribution < -0.4 is 5.32 Å². The zero-order valence-electron chi connectivity index (χ0n) is 8.63. The third kappa shape index (κ3) is 3.12. The molecule has 0 aliphatic rings. The molecule has 0 aromatic carbocycles. The average molecular weight is 213 g/mol. The molecule has 4 heteroatoms. The molecule has 1 aromatic rings. The van der Waals surface area contributed by atoms with Crippen LogP contribution in [0.1, 0.15) is 29.8 Å². The molecule has 0 aliphatic heterocycles. The molecule has 0 radical (unpaired) electrons. The molecule has 0 fully saturated rings. The van der Waals surface area contributed by atoms with Crippen molar-refractivity contribution in [3.63, 3.8) is 0 Å². The summed E-state index contributed by atoms with van der Waals surface area (Å²) in [4.78, 5) is 11.6. The summed E-state index contributed by atoms with van der Waals surface area (Å²) in [7, 11) is 0.